The summed E-state index contributed by atoms with van der Waals surface area (Å²) in [5.74, 6) is 0.651. The van der Waals surface area contributed by atoms with E-state index in [2.05, 4.69) is 10.3 Å². The lowest BCUT2D eigenvalue weighted by atomic mass is 10.3. The van der Waals surface area contributed by atoms with E-state index in [4.69, 9.17) is 16.2 Å². The molecule has 0 aliphatic carbocycles. The molecule has 88 valence electrons. The van der Waals surface area contributed by atoms with Gasteiger partial charge in [-0.15, -0.1) is 0 Å². The Balaban J connectivity index is 2.60. The van der Waals surface area contributed by atoms with E-state index in [1.807, 2.05) is 6.92 Å². The molecule has 1 aromatic rings. The number of nitrogen functional groups attached to an aromatic ring is 1. The number of carbonyl (C=O) groups is 1. The molecule has 0 atom stereocenters. The van der Waals surface area contributed by atoms with Crippen LogP contribution >= 0.6 is 0 Å². The molecule has 6 heteroatoms. The van der Waals surface area contributed by atoms with Crippen LogP contribution in [0.3, 0.4) is 0 Å². The number of rotatable bonds is 6. The van der Waals surface area contributed by atoms with Gasteiger partial charge < -0.3 is 21.5 Å². The highest BCUT2D eigenvalue weighted by molar-refractivity contribution is 5.74. The number of nitrogens with two attached hydrogens (primary N) is 2. The molecule has 0 aromatic carbocycles. The Labute approximate surface area is 94.0 Å². The molecule has 6 nitrogen and oxygen atoms in total. The molecule has 1 rings (SSSR count). The third-order valence-corrected chi connectivity index (χ3v) is 1.85. The van der Waals surface area contributed by atoms with E-state index >= 15 is 0 Å². The van der Waals surface area contributed by atoms with Gasteiger partial charge >= 0.3 is 0 Å². The van der Waals surface area contributed by atoms with E-state index in [1.165, 1.54) is 0 Å². The van der Waals surface area contributed by atoms with Crippen molar-refractivity contribution in [2.24, 2.45) is 5.73 Å². The smallest absolute Gasteiger partial charge is 0.239 e. The first kappa shape index (κ1) is 12.1. The van der Waals surface area contributed by atoms with Crippen LogP contribution in [0.1, 0.15) is 13.3 Å². The Kier molecular flexibility index (Phi) is 4.38. The van der Waals surface area contributed by atoms with Crippen molar-refractivity contribution in [3.8, 4) is 5.88 Å². The first-order chi connectivity index (χ1) is 7.63. The Morgan fingerprint density at radius 1 is 1.56 bits per heavy atom. The first-order valence-electron chi connectivity index (χ1n) is 5.05. The standard InChI is InChI=1S/C10H16N4O2/c1-2-16-10-7(11)3-4-9(14-10)13-6-5-8(12)15/h3-4H,2,5-6,11H2,1H3,(H2,12,15)(H,13,14). The number of aromatic nitrogens is 1. The van der Waals surface area contributed by atoms with Gasteiger partial charge in [-0.05, 0) is 19.1 Å². The van der Waals surface area contributed by atoms with Crippen molar-refractivity contribution in [2.45, 2.75) is 13.3 Å². The fourth-order valence-corrected chi connectivity index (χ4v) is 1.12. The Morgan fingerprint density at radius 3 is 2.94 bits per heavy atom. The maximum atomic E-state index is 10.5. The largest absolute Gasteiger partial charge is 0.476 e. The number of anilines is 2. The monoisotopic (exact) mass is 224 g/mol. The van der Waals surface area contributed by atoms with E-state index in [0.717, 1.165) is 0 Å². The molecule has 0 aliphatic rings. The average Bonchev–Trinajstić information content (AvgIpc) is 2.22. The van der Waals surface area contributed by atoms with Crippen LogP contribution < -0.4 is 21.5 Å². The van der Waals surface area contributed by atoms with E-state index < -0.39 is 0 Å². The Morgan fingerprint density at radius 2 is 2.31 bits per heavy atom. The first-order valence-corrected chi connectivity index (χ1v) is 5.05. The fraction of sp³-hybridized carbons (Fsp3) is 0.400. The van der Waals surface area contributed by atoms with Crippen molar-refractivity contribution in [1.29, 1.82) is 0 Å². The van der Waals surface area contributed by atoms with Crippen LogP contribution in [0.5, 0.6) is 5.88 Å². The summed E-state index contributed by atoms with van der Waals surface area (Å²) in [6.07, 6.45) is 0.260. The predicted molar refractivity (Wildman–Crippen MR) is 62.1 cm³/mol. The van der Waals surface area contributed by atoms with Gasteiger partial charge in [-0.2, -0.15) is 4.98 Å². The molecular weight excluding hydrogens is 208 g/mol. The minimum atomic E-state index is -0.354. The molecular formula is C10H16N4O2. The summed E-state index contributed by atoms with van der Waals surface area (Å²) in [5.41, 5.74) is 11.2. The zero-order valence-electron chi connectivity index (χ0n) is 9.19. The van der Waals surface area contributed by atoms with E-state index in [-0.39, 0.29) is 12.3 Å². The summed E-state index contributed by atoms with van der Waals surface area (Å²) < 4.78 is 5.24. The highest BCUT2D eigenvalue weighted by Crippen LogP contribution is 2.20. The normalized spacial score (nSPS) is 9.81. The van der Waals surface area contributed by atoms with Crippen LogP contribution in [0.15, 0.2) is 12.1 Å². The molecule has 0 aliphatic heterocycles. The van der Waals surface area contributed by atoms with Gasteiger partial charge in [0, 0.05) is 13.0 Å². The lowest BCUT2D eigenvalue weighted by Crippen LogP contribution is -2.16. The number of hydrogen-bond acceptors (Lipinski definition) is 5. The number of amides is 1. The Bertz CT molecular complexity index is 368. The summed E-state index contributed by atoms with van der Waals surface area (Å²) >= 11 is 0. The third-order valence-electron chi connectivity index (χ3n) is 1.85. The Hall–Kier alpha value is -1.98. The number of ether oxygens (including phenoxy) is 1. The van der Waals surface area contributed by atoms with E-state index in [9.17, 15) is 4.79 Å². The number of nitrogens with one attached hydrogen (secondary N) is 1. The molecule has 1 heterocycles. The van der Waals surface area contributed by atoms with Crippen LogP contribution in [-0.2, 0) is 4.79 Å². The van der Waals surface area contributed by atoms with Gasteiger partial charge in [-0.1, -0.05) is 0 Å². The molecule has 1 aromatic heterocycles. The highest BCUT2D eigenvalue weighted by atomic mass is 16.5. The maximum absolute atomic E-state index is 10.5. The molecule has 16 heavy (non-hydrogen) atoms. The lowest BCUT2D eigenvalue weighted by Gasteiger charge is -2.09. The molecule has 0 saturated carbocycles. The molecule has 0 bridgehead atoms. The summed E-state index contributed by atoms with van der Waals surface area (Å²) in [6, 6.07) is 3.42. The molecule has 0 spiro atoms. The molecule has 5 N–H and O–H groups in total. The summed E-state index contributed by atoms with van der Waals surface area (Å²) in [6.45, 7) is 2.80. The predicted octanol–water partition coefficient (Wildman–Crippen LogP) is 0.350. The SMILES string of the molecule is CCOc1nc(NCCC(N)=O)ccc1N. The van der Waals surface area contributed by atoms with Gasteiger partial charge in [-0.3, -0.25) is 4.79 Å². The number of nitrogens with zero attached hydrogens (tertiary/aromatic N) is 1. The van der Waals surface area contributed by atoms with Crippen LogP contribution in [0.4, 0.5) is 11.5 Å². The molecule has 0 radical (unpaired) electrons. The maximum Gasteiger partial charge on any atom is 0.239 e. The highest BCUT2D eigenvalue weighted by Gasteiger charge is 2.03. The van der Waals surface area contributed by atoms with E-state index in [0.29, 0.717) is 30.5 Å². The third kappa shape index (κ3) is 3.64. The van der Waals surface area contributed by atoms with Crippen LogP contribution in [0, 0.1) is 0 Å². The van der Waals surface area contributed by atoms with Crippen molar-refractivity contribution in [1.82, 2.24) is 4.98 Å². The van der Waals surface area contributed by atoms with Crippen molar-refractivity contribution in [2.75, 3.05) is 24.2 Å². The average molecular weight is 224 g/mol. The second-order valence-electron chi connectivity index (χ2n) is 3.17. The minimum absolute atomic E-state index is 0.260. The zero-order valence-corrected chi connectivity index (χ0v) is 9.19. The molecule has 0 fully saturated rings. The molecule has 1 amide bonds. The number of primary amides is 1. The summed E-state index contributed by atoms with van der Waals surface area (Å²) in [7, 11) is 0. The van der Waals surface area contributed by atoms with Gasteiger partial charge in [0.15, 0.2) is 0 Å². The number of pyridine rings is 1. The molecule has 0 saturated heterocycles. The van der Waals surface area contributed by atoms with Gasteiger partial charge in [0.05, 0.1) is 12.3 Å². The van der Waals surface area contributed by atoms with Gasteiger partial charge in [0.2, 0.25) is 11.8 Å². The van der Waals surface area contributed by atoms with Crippen LogP contribution in [0.25, 0.3) is 0 Å². The van der Waals surface area contributed by atoms with Crippen LogP contribution in [0.2, 0.25) is 0 Å². The zero-order chi connectivity index (χ0) is 12.0. The van der Waals surface area contributed by atoms with Crippen molar-refractivity contribution >= 4 is 17.4 Å². The second-order valence-corrected chi connectivity index (χ2v) is 3.17. The summed E-state index contributed by atoms with van der Waals surface area (Å²) in [5, 5.41) is 2.95. The quantitative estimate of drug-likeness (QED) is 0.647. The van der Waals surface area contributed by atoms with E-state index in [1.54, 1.807) is 12.1 Å². The van der Waals surface area contributed by atoms with Gasteiger partial charge in [0.25, 0.3) is 0 Å². The number of hydrogen-bond donors (Lipinski definition) is 3. The van der Waals surface area contributed by atoms with Gasteiger partial charge in [0.1, 0.15) is 5.82 Å². The molecule has 0 unspecified atom stereocenters. The van der Waals surface area contributed by atoms with Gasteiger partial charge in [-0.25, -0.2) is 0 Å². The lowest BCUT2D eigenvalue weighted by molar-refractivity contribution is -0.117. The topological polar surface area (TPSA) is 103 Å². The van der Waals surface area contributed by atoms with Crippen molar-refractivity contribution in [3.05, 3.63) is 12.1 Å². The van der Waals surface area contributed by atoms with Crippen molar-refractivity contribution < 1.29 is 9.53 Å². The minimum Gasteiger partial charge on any atom is -0.476 e. The summed E-state index contributed by atoms with van der Waals surface area (Å²) in [4.78, 5) is 14.7. The second kappa shape index (κ2) is 5.79. The fourth-order valence-electron chi connectivity index (χ4n) is 1.12. The van der Waals surface area contributed by atoms with Crippen LogP contribution in [-0.4, -0.2) is 24.0 Å². The number of carbonyl (C=O) groups excluding carboxylic acids is 1. The van der Waals surface area contributed by atoms with Crippen molar-refractivity contribution in [3.63, 3.8) is 0 Å².